The number of aryl methyl sites for hydroxylation is 1. The number of nitrogens with zero attached hydrogens (tertiary/aromatic N) is 2. The molecule has 17 heavy (non-hydrogen) atoms. The predicted molar refractivity (Wildman–Crippen MR) is 67.8 cm³/mol. The van der Waals surface area contributed by atoms with Crippen molar-refractivity contribution in [3.05, 3.63) is 17.3 Å². The van der Waals surface area contributed by atoms with E-state index in [1.165, 1.54) is 11.1 Å². The molecule has 0 bridgehead atoms. The average Bonchev–Trinajstić information content (AvgIpc) is 2.54. The number of nitrogens with one attached hydrogen (secondary N) is 1. The third kappa shape index (κ3) is 1.76. The Balaban J connectivity index is 2.06. The number of hydrogen-bond donors (Lipinski definition) is 1. The maximum atomic E-state index is 5.92. The highest BCUT2D eigenvalue weighted by atomic mass is 16.5. The molecule has 0 amide bonds. The fraction of sp³-hybridized carbons (Fsp3) is 0.615. The van der Waals surface area contributed by atoms with Crippen LogP contribution in [0.1, 0.15) is 17.5 Å². The van der Waals surface area contributed by atoms with E-state index >= 15 is 0 Å². The van der Waals surface area contributed by atoms with Gasteiger partial charge in [0.05, 0.1) is 6.61 Å². The molecular formula is C13H19N3O. The lowest BCUT2D eigenvalue weighted by molar-refractivity contribution is 0.302. The van der Waals surface area contributed by atoms with Gasteiger partial charge in [0, 0.05) is 38.3 Å². The van der Waals surface area contributed by atoms with E-state index in [4.69, 9.17) is 4.74 Å². The molecule has 4 heteroatoms. The van der Waals surface area contributed by atoms with Crippen LogP contribution in [-0.2, 0) is 0 Å². The van der Waals surface area contributed by atoms with Crippen LogP contribution in [0.2, 0.25) is 0 Å². The highest BCUT2D eigenvalue weighted by Gasteiger charge is 2.29. The maximum absolute atomic E-state index is 5.92. The van der Waals surface area contributed by atoms with Gasteiger partial charge in [-0.25, -0.2) is 4.98 Å². The Bertz CT molecular complexity index is 433. The summed E-state index contributed by atoms with van der Waals surface area (Å²) in [6.07, 6.45) is 3.03. The molecule has 1 saturated heterocycles. The monoisotopic (exact) mass is 233 g/mol. The van der Waals surface area contributed by atoms with Crippen LogP contribution in [0.25, 0.3) is 0 Å². The first-order valence-corrected chi connectivity index (χ1v) is 6.33. The number of anilines is 1. The van der Waals surface area contributed by atoms with Crippen molar-refractivity contribution in [2.45, 2.75) is 26.3 Å². The van der Waals surface area contributed by atoms with Crippen LogP contribution in [0.15, 0.2) is 6.20 Å². The number of aromatic nitrogens is 1. The Kier molecular flexibility index (Phi) is 2.67. The Morgan fingerprint density at radius 1 is 1.47 bits per heavy atom. The SMILES string of the molecule is Cc1cnc2c(c1C)OCC[C@H]1CNCCN21. The molecule has 1 aromatic heterocycles. The second kappa shape index (κ2) is 4.18. The topological polar surface area (TPSA) is 37.4 Å². The first-order valence-electron chi connectivity index (χ1n) is 6.33. The number of ether oxygens (including phenoxy) is 1. The summed E-state index contributed by atoms with van der Waals surface area (Å²) in [5.41, 5.74) is 2.44. The van der Waals surface area contributed by atoms with Gasteiger partial charge in [-0.05, 0) is 25.0 Å². The zero-order valence-corrected chi connectivity index (χ0v) is 10.5. The summed E-state index contributed by atoms with van der Waals surface area (Å²) in [5, 5.41) is 3.44. The van der Waals surface area contributed by atoms with Crippen LogP contribution in [0.3, 0.4) is 0 Å². The molecule has 0 spiro atoms. The molecule has 4 nitrogen and oxygen atoms in total. The quantitative estimate of drug-likeness (QED) is 0.732. The molecule has 2 aliphatic rings. The van der Waals surface area contributed by atoms with E-state index in [0.29, 0.717) is 6.04 Å². The molecule has 0 saturated carbocycles. The zero-order chi connectivity index (χ0) is 11.8. The first kappa shape index (κ1) is 10.8. The van der Waals surface area contributed by atoms with E-state index < -0.39 is 0 Å². The fourth-order valence-electron chi connectivity index (χ4n) is 2.63. The van der Waals surface area contributed by atoms with Crippen LogP contribution >= 0.6 is 0 Å². The average molecular weight is 233 g/mol. The second-order valence-electron chi connectivity index (χ2n) is 4.91. The molecule has 3 rings (SSSR count). The Labute approximate surface area is 102 Å². The molecule has 1 fully saturated rings. The van der Waals surface area contributed by atoms with Crippen molar-refractivity contribution in [1.29, 1.82) is 0 Å². The molecule has 0 radical (unpaired) electrons. The minimum Gasteiger partial charge on any atom is -0.489 e. The van der Waals surface area contributed by atoms with E-state index in [1.807, 2.05) is 6.20 Å². The minimum atomic E-state index is 0.527. The van der Waals surface area contributed by atoms with Gasteiger partial charge in [0.2, 0.25) is 0 Å². The van der Waals surface area contributed by atoms with E-state index in [2.05, 4.69) is 29.0 Å². The third-order valence-electron chi connectivity index (χ3n) is 3.84. The smallest absolute Gasteiger partial charge is 0.172 e. The summed E-state index contributed by atoms with van der Waals surface area (Å²) in [6, 6.07) is 0.527. The highest BCUT2D eigenvalue weighted by Crippen LogP contribution is 2.35. The highest BCUT2D eigenvalue weighted by molar-refractivity contribution is 5.59. The Morgan fingerprint density at radius 2 is 2.35 bits per heavy atom. The fourth-order valence-corrected chi connectivity index (χ4v) is 2.63. The van der Waals surface area contributed by atoms with Gasteiger partial charge in [-0.3, -0.25) is 0 Å². The van der Waals surface area contributed by atoms with Gasteiger partial charge >= 0.3 is 0 Å². The van der Waals surface area contributed by atoms with E-state index in [1.54, 1.807) is 0 Å². The molecular weight excluding hydrogens is 214 g/mol. The van der Waals surface area contributed by atoms with Gasteiger partial charge in [-0.2, -0.15) is 0 Å². The van der Waals surface area contributed by atoms with Gasteiger partial charge < -0.3 is 15.0 Å². The van der Waals surface area contributed by atoms with Crippen LogP contribution in [0, 0.1) is 13.8 Å². The number of piperazine rings is 1. The number of hydrogen-bond acceptors (Lipinski definition) is 4. The molecule has 1 N–H and O–H groups in total. The first-order chi connectivity index (χ1) is 8.27. The van der Waals surface area contributed by atoms with Crippen molar-refractivity contribution in [2.75, 3.05) is 31.1 Å². The van der Waals surface area contributed by atoms with Crippen molar-refractivity contribution in [1.82, 2.24) is 10.3 Å². The number of fused-ring (bicyclic) bond motifs is 3. The molecule has 2 aliphatic heterocycles. The second-order valence-corrected chi connectivity index (χ2v) is 4.91. The molecule has 92 valence electrons. The Morgan fingerprint density at radius 3 is 3.24 bits per heavy atom. The lowest BCUT2D eigenvalue weighted by Gasteiger charge is -2.35. The summed E-state index contributed by atoms with van der Waals surface area (Å²) >= 11 is 0. The number of rotatable bonds is 0. The van der Waals surface area contributed by atoms with Crippen LogP contribution in [0.4, 0.5) is 5.82 Å². The molecule has 0 unspecified atom stereocenters. The normalized spacial score (nSPS) is 23.4. The van der Waals surface area contributed by atoms with Crippen molar-refractivity contribution in [3.63, 3.8) is 0 Å². The van der Waals surface area contributed by atoms with Gasteiger partial charge in [0.15, 0.2) is 11.6 Å². The molecule has 1 aromatic rings. The zero-order valence-electron chi connectivity index (χ0n) is 10.5. The molecule has 3 heterocycles. The molecule has 0 aromatic carbocycles. The van der Waals surface area contributed by atoms with Gasteiger partial charge in [0.25, 0.3) is 0 Å². The summed E-state index contributed by atoms with van der Waals surface area (Å²) < 4.78 is 5.92. The summed E-state index contributed by atoms with van der Waals surface area (Å²) in [4.78, 5) is 7.01. The largest absolute Gasteiger partial charge is 0.489 e. The summed E-state index contributed by atoms with van der Waals surface area (Å²) in [6.45, 7) is 8.10. The van der Waals surface area contributed by atoms with E-state index in [0.717, 1.165) is 44.2 Å². The van der Waals surface area contributed by atoms with Crippen LogP contribution in [0.5, 0.6) is 5.75 Å². The Hall–Kier alpha value is -1.29. The van der Waals surface area contributed by atoms with Gasteiger partial charge in [-0.1, -0.05) is 0 Å². The van der Waals surface area contributed by atoms with Gasteiger partial charge in [0.1, 0.15) is 0 Å². The predicted octanol–water partition coefficient (Wildman–Crippen LogP) is 1.26. The number of pyridine rings is 1. The van der Waals surface area contributed by atoms with Crippen molar-refractivity contribution < 1.29 is 4.74 Å². The standard InChI is InChI=1S/C13H19N3O/c1-9-7-15-13-12(10(9)2)17-6-3-11-8-14-4-5-16(11)13/h7,11,14H,3-6,8H2,1-2H3/t11-/m0/s1. The van der Waals surface area contributed by atoms with Crippen molar-refractivity contribution in [2.24, 2.45) is 0 Å². The van der Waals surface area contributed by atoms with E-state index in [9.17, 15) is 0 Å². The summed E-state index contributed by atoms with van der Waals surface area (Å²) in [7, 11) is 0. The summed E-state index contributed by atoms with van der Waals surface area (Å²) in [5.74, 6) is 2.03. The van der Waals surface area contributed by atoms with Gasteiger partial charge in [-0.15, -0.1) is 0 Å². The maximum Gasteiger partial charge on any atom is 0.172 e. The molecule has 0 aliphatic carbocycles. The lowest BCUT2D eigenvalue weighted by atomic mass is 10.1. The lowest BCUT2D eigenvalue weighted by Crippen LogP contribution is -2.51. The van der Waals surface area contributed by atoms with Crippen LogP contribution < -0.4 is 15.0 Å². The van der Waals surface area contributed by atoms with Crippen molar-refractivity contribution >= 4 is 5.82 Å². The molecule has 1 atom stereocenters. The van der Waals surface area contributed by atoms with Crippen LogP contribution in [-0.4, -0.2) is 37.3 Å². The van der Waals surface area contributed by atoms with Crippen molar-refractivity contribution in [3.8, 4) is 5.75 Å². The minimum absolute atomic E-state index is 0.527. The third-order valence-corrected chi connectivity index (χ3v) is 3.84. The van der Waals surface area contributed by atoms with E-state index in [-0.39, 0.29) is 0 Å².